The molecule has 3 N–H and O–H groups in total. The molecule has 10 nitrogen and oxygen atoms in total. The molecule has 1 amide bonds. The first-order valence-corrected chi connectivity index (χ1v) is 8.32. The first kappa shape index (κ1) is 16.6. The van der Waals surface area contributed by atoms with Crippen molar-refractivity contribution in [3.05, 3.63) is 42.9 Å². The molecule has 0 fully saturated rings. The second kappa shape index (κ2) is 6.48. The summed E-state index contributed by atoms with van der Waals surface area (Å²) in [4.78, 5) is 21.3. The van der Waals surface area contributed by atoms with Gasteiger partial charge in [-0.15, -0.1) is 15.3 Å². The maximum absolute atomic E-state index is 12.6. The number of pyridine rings is 2. The zero-order valence-electron chi connectivity index (χ0n) is 14.7. The molecule has 136 valence electrons. The van der Waals surface area contributed by atoms with Crippen LogP contribution in [-0.4, -0.2) is 40.5 Å². The molecule has 0 radical (unpaired) electrons. The van der Waals surface area contributed by atoms with Crippen molar-refractivity contribution in [2.45, 2.75) is 19.9 Å². The van der Waals surface area contributed by atoms with E-state index in [-0.39, 0.29) is 11.9 Å². The van der Waals surface area contributed by atoms with Crippen molar-refractivity contribution in [1.82, 2.24) is 34.5 Å². The lowest BCUT2D eigenvalue weighted by Crippen LogP contribution is -2.21. The molecular weight excluding hydrogens is 346 g/mol. The zero-order valence-corrected chi connectivity index (χ0v) is 14.7. The Morgan fingerprint density at radius 1 is 1.22 bits per heavy atom. The molecule has 0 spiro atoms. The van der Waals surface area contributed by atoms with Crippen LogP contribution in [0.15, 0.2) is 42.9 Å². The number of carbonyl (C=O) groups excluding carboxylic acids is 1. The van der Waals surface area contributed by atoms with Gasteiger partial charge >= 0.3 is 6.03 Å². The van der Waals surface area contributed by atoms with Gasteiger partial charge < -0.3 is 10.3 Å². The maximum Gasteiger partial charge on any atom is 0.348 e. The van der Waals surface area contributed by atoms with Gasteiger partial charge in [-0.25, -0.2) is 9.78 Å². The highest BCUT2D eigenvalue weighted by Crippen LogP contribution is 2.21. The Morgan fingerprint density at radius 3 is 2.89 bits per heavy atom. The lowest BCUT2D eigenvalue weighted by molar-refractivity contribution is 0.252. The first-order valence-electron chi connectivity index (χ1n) is 8.32. The normalized spacial score (nSPS) is 11.2. The molecule has 0 bridgehead atoms. The van der Waals surface area contributed by atoms with Crippen molar-refractivity contribution in [3.8, 4) is 11.5 Å². The summed E-state index contributed by atoms with van der Waals surface area (Å²) in [5.74, 6) is 1.17. The Balaban J connectivity index is 1.65. The number of hydrogen-bond acceptors (Lipinski definition) is 7. The van der Waals surface area contributed by atoms with Crippen LogP contribution < -0.4 is 11.1 Å². The van der Waals surface area contributed by atoms with Crippen LogP contribution >= 0.6 is 0 Å². The predicted molar refractivity (Wildman–Crippen MR) is 100.0 cm³/mol. The Hall–Kier alpha value is -3.82. The Morgan fingerprint density at radius 2 is 2.07 bits per heavy atom. The van der Waals surface area contributed by atoms with Gasteiger partial charge in [-0.1, -0.05) is 6.07 Å². The molecule has 0 aromatic carbocycles. The molecule has 4 rings (SSSR count). The minimum atomic E-state index is -0.486. The van der Waals surface area contributed by atoms with Crippen LogP contribution in [0.4, 0.5) is 16.4 Å². The van der Waals surface area contributed by atoms with Gasteiger partial charge in [-0.2, -0.15) is 4.68 Å². The number of nitrogen functional groups attached to an aromatic ring is 1. The standard InChI is InChI=1S/C17H17N9O/c1-10(2)25-9-20-23-16(25)11-5-3-7-13(21-11)22-17(27)26-12-6-4-8-19-14(12)15(18)24-26/h3-10H,1-2H3,(H2,18,24)(H,21,22,27). The largest absolute Gasteiger partial charge is 0.380 e. The minimum Gasteiger partial charge on any atom is -0.380 e. The van der Waals surface area contributed by atoms with Crippen LogP contribution in [0.2, 0.25) is 0 Å². The lowest BCUT2D eigenvalue weighted by atomic mass is 10.3. The van der Waals surface area contributed by atoms with Crippen LogP contribution in [0.3, 0.4) is 0 Å². The summed E-state index contributed by atoms with van der Waals surface area (Å²) in [6.45, 7) is 4.06. The van der Waals surface area contributed by atoms with E-state index >= 15 is 0 Å². The molecule has 0 atom stereocenters. The van der Waals surface area contributed by atoms with E-state index in [2.05, 4.69) is 30.6 Å². The Kier molecular flexibility index (Phi) is 3.99. The maximum atomic E-state index is 12.6. The van der Waals surface area contributed by atoms with Crippen molar-refractivity contribution in [2.75, 3.05) is 11.1 Å². The number of nitrogens with one attached hydrogen (secondary N) is 1. The molecule has 0 saturated heterocycles. The topological polar surface area (TPSA) is 129 Å². The van der Waals surface area contributed by atoms with Gasteiger partial charge in [0.2, 0.25) is 0 Å². The van der Waals surface area contributed by atoms with E-state index in [1.54, 1.807) is 36.8 Å². The van der Waals surface area contributed by atoms with Crippen LogP contribution in [0.25, 0.3) is 22.6 Å². The highest BCUT2D eigenvalue weighted by atomic mass is 16.2. The van der Waals surface area contributed by atoms with Gasteiger partial charge in [0.05, 0.1) is 5.52 Å². The molecule has 0 aliphatic carbocycles. The van der Waals surface area contributed by atoms with Gasteiger partial charge in [0, 0.05) is 12.2 Å². The number of anilines is 2. The fourth-order valence-corrected chi connectivity index (χ4v) is 2.72. The smallest absolute Gasteiger partial charge is 0.348 e. The number of hydrogen-bond donors (Lipinski definition) is 2. The van der Waals surface area contributed by atoms with Crippen molar-refractivity contribution in [1.29, 1.82) is 0 Å². The number of carbonyl (C=O) groups is 1. The van der Waals surface area contributed by atoms with E-state index in [1.165, 1.54) is 4.68 Å². The molecule has 4 aromatic rings. The summed E-state index contributed by atoms with van der Waals surface area (Å²) < 4.78 is 3.07. The van der Waals surface area contributed by atoms with Gasteiger partial charge in [-0.05, 0) is 38.1 Å². The van der Waals surface area contributed by atoms with Crippen LogP contribution in [-0.2, 0) is 0 Å². The van der Waals surface area contributed by atoms with E-state index in [0.29, 0.717) is 28.4 Å². The minimum absolute atomic E-state index is 0.181. The fraction of sp³-hybridized carbons (Fsp3) is 0.176. The van der Waals surface area contributed by atoms with E-state index in [0.717, 1.165) is 0 Å². The summed E-state index contributed by atoms with van der Waals surface area (Å²) in [6.07, 6.45) is 3.25. The van der Waals surface area contributed by atoms with Gasteiger partial charge in [0.1, 0.15) is 23.4 Å². The van der Waals surface area contributed by atoms with E-state index in [9.17, 15) is 4.79 Å². The molecule has 4 heterocycles. The third-order valence-electron chi connectivity index (χ3n) is 4.00. The molecule has 4 aromatic heterocycles. The molecular formula is C17H17N9O. The van der Waals surface area contributed by atoms with Crippen molar-refractivity contribution in [3.63, 3.8) is 0 Å². The van der Waals surface area contributed by atoms with Crippen molar-refractivity contribution in [2.24, 2.45) is 0 Å². The number of aromatic nitrogens is 7. The SMILES string of the molecule is CC(C)n1cnnc1-c1cccc(NC(=O)n2nc(N)c3ncccc32)n1. The van der Waals surface area contributed by atoms with Crippen LogP contribution in [0.1, 0.15) is 19.9 Å². The Bertz CT molecular complexity index is 1130. The lowest BCUT2D eigenvalue weighted by Gasteiger charge is -2.10. The highest BCUT2D eigenvalue weighted by Gasteiger charge is 2.16. The molecule has 0 aliphatic rings. The van der Waals surface area contributed by atoms with Crippen LogP contribution in [0.5, 0.6) is 0 Å². The van der Waals surface area contributed by atoms with E-state index in [4.69, 9.17) is 5.73 Å². The summed E-state index contributed by atoms with van der Waals surface area (Å²) in [6, 6.07) is 8.41. The predicted octanol–water partition coefficient (Wildman–Crippen LogP) is 2.33. The van der Waals surface area contributed by atoms with Gasteiger partial charge in [0.15, 0.2) is 11.6 Å². The first-order chi connectivity index (χ1) is 13.0. The zero-order chi connectivity index (χ0) is 19.0. The number of rotatable bonds is 3. The molecule has 27 heavy (non-hydrogen) atoms. The fourth-order valence-electron chi connectivity index (χ4n) is 2.72. The monoisotopic (exact) mass is 363 g/mol. The summed E-state index contributed by atoms with van der Waals surface area (Å²) in [7, 11) is 0. The van der Waals surface area contributed by atoms with Crippen molar-refractivity contribution >= 4 is 28.7 Å². The number of fused-ring (bicyclic) bond motifs is 1. The second-order valence-electron chi connectivity index (χ2n) is 6.16. The third kappa shape index (κ3) is 2.97. The summed E-state index contributed by atoms with van der Waals surface area (Å²) >= 11 is 0. The third-order valence-corrected chi connectivity index (χ3v) is 4.00. The summed E-state index contributed by atoms with van der Waals surface area (Å²) in [5.41, 5.74) is 7.42. The quantitative estimate of drug-likeness (QED) is 0.571. The van der Waals surface area contributed by atoms with Gasteiger partial charge in [-0.3, -0.25) is 10.3 Å². The highest BCUT2D eigenvalue weighted by molar-refractivity contribution is 5.98. The van der Waals surface area contributed by atoms with E-state index < -0.39 is 6.03 Å². The summed E-state index contributed by atoms with van der Waals surface area (Å²) in [5, 5.41) is 14.9. The van der Waals surface area contributed by atoms with Crippen LogP contribution in [0, 0.1) is 0 Å². The Labute approximate surface area is 154 Å². The average Bonchev–Trinajstić information content (AvgIpc) is 3.28. The molecule has 0 aliphatic heterocycles. The van der Waals surface area contributed by atoms with E-state index in [1.807, 2.05) is 24.5 Å². The molecule has 10 heteroatoms. The molecule has 0 unspecified atom stereocenters. The number of amides is 1. The number of nitrogens with zero attached hydrogens (tertiary/aromatic N) is 7. The molecule has 0 saturated carbocycles. The van der Waals surface area contributed by atoms with Crippen molar-refractivity contribution < 1.29 is 4.79 Å². The second-order valence-corrected chi connectivity index (χ2v) is 6.16. The average molecular weight is 363 g/mol. The van der Waals surface area contributed by atoms with Gasteiger partial charge in [0.25, 0.3) is 0 Å². The number of nitrogens with two attached hydrogens (primary N) is 1.